The third-order valence-corrected chi connectivity index (χ3v) is 10.3. The van der Waals surface area contributed by atoms with Crippen LogP contribution in [-0.4, -0.2) is 13.0 Å². The van der Waals surface area contributed by atoms with E-state index < -0.39 is 10.1 Å². The van der Waals surface area contributed by atoms with Gasteiger partial charge in [0.05, 0.1) is 4.90 Å². The van der Waals surface area contributed by atoms with Crippen LogP contribution in [0.3, 0.4) is 0 Å². The molecule has 0 fully saturated rings. The van der Waals surface area contributed by atoms with Gasteiger partial charge in [0.1, 0.15) is 10.1 Å². The largest absolute Gasteiger partial charge is 1.00 e. The van der Waals surface area contributed by atoms with Crippen LogP contribution in [0, 0.1) is 0 Å². The summed E-state index contributed by atoms with van der Waals surface area (Å²) in [6.07, 6.45) is 37.1. The molecule has 3 nitrogen and oxygen atoms in total. The summed E-state index contributed by atoms with van der Waals surface area (Å²) in [7, 11) is -4.48. The Bertz CT molecular complexity index is 884. The van der Waals surface area contributed by atoms with Crippen LogP contribution in [0.15, 0.2) is 17.0 Å². The number of aryl methyl sites for hydroxylation is 1. The number of unbranched alkanes of at least 4 members (excludes halogenated alkanes) is 24. The van der Waals surface area contributed by atoms with Gasteiger partial charge in [-0.3, -0.25) is 0 Å². The molecule has 0 saturated carbocycles. The summed E-state index contributed by atoms with van der Waals surface area (Å²) in [6, 6.07) is 3.63. The molecule has 0 saturated heterocycles. The maximum Gasteiger partial charge on any atom is 1.00 e. The van der Waals surface area contributed by atoms with Gasteiger partial charge in [-0.25, -0.2) is 8.42 Å². The summed E-state index contributed by atoms with van der Waals surface area (Å²) in [5.41, 5.74) is 3.38. The van der Waals surface area contributed by atoms with Gasteiger partial charge in [-0.05, 0) is 61.3 Å². The first kappa shape index (κ1) is 44.1. The summed E-state index contributed by atoms with van der Waals surface area (Å²) < 4.78 is 37.1. The van der Waals surface area contributed by atoms with Gasteiger partial charge in [0.15, 0.2) is 0 Å². The second-order valence-corrected chi connectivity index (χ2v) is 14.7. The summed E-state index contributed by atoms with van der Waals surface area (Å²) in [6.45, 7) is 6.79. The monoisotopic (exact) mass is 643 g/mol. The van der Waals surface area contributed by atoms with Crippen LogP contribution >= 0.6 is 0 Å². The zero-order valence-electron chi connectivity index (χ0n) is 30.0. The molecule has 0 unspecified atom stereocenters. The van der Waals surface area contributed by atoms with E-state index in [1.165, 1.54) is 159 Å². The topological polar surface area (TPSA) is 57.2 Å². The quantitative estimate of drug-likeness (QED) is 0.0460. The first-order chi connectivity index (χ1) is 21.0. The third-order valence-electron chi connectivity index (χ3n) is 9.36. The molecule has 0 aliphatic carbocycles. The Labute approximate surface area is 298 Å². The van der Waals surface area contributed by atoms with E-state index in [2.05, 4.69) is 20.8 Å². The molecule has 44 heavy (non-hydrogen) atoms. The maximum atomic E-state index is 12.4. The second kappa shape index (κ2) is 30.5. The Morgan fingerprint density at radius 3 is 1.07 bits per heavy atom. The molecule has 5 heteroatoms. The third kappa shape index (κ3) is 22.6. The van der Waals surface area contributed by atoms with Crippen molar-refractivity contribution in [3.63, 3.8) is 0 Å². The van der Waals surface area contributed by atoms with Crippen LogP contribution in [0.4, 0.5) is 0 Å². The first-order valence-electron chi connectivity index (χ1n) is 19.0. The average molecular weight is 643 g/mol. The van der Waals surface area contributed by atoms with Gasteiger partial charge in [-0.1, -0.05) is 181 Å². The minimum atomic E-state index is -4.48. The molecule has 1 rings (SSSR count). The Morgan fingerprint density at radius 2 is 0.727 bits per heavy atom. The van der Waals surface area contributed by atoms with E-state index in [1.54, 1.807) is 6.07 Å². The maximum absolute atomic E-state index is 12.4. The van der Waals surface area contributed by atoms with E-state index >= 15 is 0 Å². The number of hydrogen-bond donors (Lipinski definition) is 0. The van der Waals surface area contributed by atoms with Crippen molar-refractivity contribution >= 4 is 10.1 Å². The van der Waals surface area contributed by atoms with Gasteiger partial charge >= 0.3 is 29.6 Å². The van der Waals surface area contributed by atoms with E-state index in [9.17, 15) is 13.0 Å². The van der Waals surface area contributed by atoms with Crippen molar-refractivity contribution in [2.45, 2.75) is 218 Å². The average Bonchev–Trinajstić information content (AvgIpc) is 2.98. The molecule has 1 aromatic carbocycles. The van der Waals surface area contributed by atoms with Crippen molar-refractivity contribution in [3.05, 3.63) is 28.8 Å². The summed E-state index contributed by atoms with van der Waals surface area (Å²) in [5.74, 6) is 0. The molecule has 0 radical (unpaired) electrons. The minimum Gasteiger partial charge on any atom is -0.744 e. The summed E-state index contributed by atoms with van der Waals surface area (Å²) in [5, 5.41) is 0. The van der Waals surface area contributed by atoms with Crippen LogP contribution in [-0.2, 0) is 29.4 Å². The number of benzene rings is 1. The van der Waals surface area contributed by atoms with Crippen molar-refractivity contribution in [1.29, 1.82) is 0 Å². The van der Waals surface area contributed by atoms with Gasteiger partial charge in [0.2, 0.25) is 0 Å². The van der Waals surface area contributed by atoms with Gasteiger partial charge in [-0.2, -0.15) is 0 Å². The molecule has 0 aliphatic rings. The van der Waals surface area contributed by atoms with Gasteiger partial charge in [0.25, 0.3) is 0 Å². The first-order valence-corrected chi connectivity index (χ1v) is 20.5. The zero-order chi connectivity index (χ0) is 31.4. The fourth-order valence-electron chi connectivity index (χ4n) is 6.62. The molecule has 0 spiro atoms. The molecule has 0 atom stereocenters. The second-order valence-electron chi connectivity index (χ2n) is 13.4. The molecule has 0 heterocycles. The van der Waals surface area contributed by atoms with E-state index in [0.717, 1.165) is 50.5 Å². The molecule has 0 N–H and O–H groups in total. The van der Waals surface area contributed by atoms with Gasteiger partial charge < -0.3 is 4.55 Å². The van der Waals surface area contributed by atoms with Crippen LogP contribution in [0.25, 0.3) is 0 Å². The molecular weight excluding hydrogens is 571 g/mol. The van der Waals surface area contributed by atoms with Crippen molar-refractivity contribution < 1.29 is 42.5 Å². The Morgan fingerprint density at radius 1 is 0.432 bits per heavy atom. The van der Waals surface area contributed by atoms with Crippen LogP contribution in [0.2, 0.25) is 0 Å². The van der Waals surface area contributed by atoms with Crippen LogP contribution in [0.1, 0.15) is 211 Å². The van der Waals surface area contributed by atoms with Crippen molar-refractivity contribution in [1.82, 2.24) is 0 Å². The zero-order valence-corrected chi connectivity index (χ0v) is 32.8. The van der Waals surface area contributed by atoms with Crippen molar-refractivity contribution in [2.24, 2.45) is 0 Å². The normalized spacial score (nSPS) is 11.6. The fourth-order valence-corrected chi connectivity index (χ4v) is 7.39. The minimum absolute atomic E-state index is 0. The summed E-state index contributed by atoms with van der Waals surface area (Å²) >= 11 is 0. The van der Waals surface area contributed by atoms with E-state index in [1.807, 2.05) is 6.07 Å². The van der Waals surface area contributed by atoms with Crippen LogP contribution < -0.4 is 29.6 Å². The van der Waals surface area contributed by atoms with E-state index in [-0.39, 0.29) is 34.5 Å². The van der Waals surface area contributed by atoms with E-state index in [4.69, 9.17) is 0 Å². The molecular formula is C39H71NaO3S. The molecule has 0 aliphatic heterocycles. The smallest absolute Gasteiger partial charge is 0.744 e. The molecule has 0 aromatic heterocycles. The molecule has 0 bridgehead atoms. The molecule has 252 valence electrons. The van der Waals surface area contributed by atoms with Gasteiger partial charge in [0, 0.05) is 0 Å². The predicted octanol–water partition coefficient (Wildman–Crippen LogP) is 9.81. The Kier molecular flexibility index (Phi) is 30.6. The predicted molar refractivity (Wildman–Crippen MR) is 187 cm³/mol. The Balaban J connectivity index is 0.0000185. The number of rotatable bonds is 31. The fraction of sp³-hybridized carbons (Fsp3) is 0.846. The van der Waals surface area contributed by atoms with Crippen molar-refractivity contribution in [2.75, 3.05) is 0 Å². The SMILES string of the molecule is CCCCCCCCCCCc1ccc(S(=O)(=O)[O-])c(CCCCCCCCCCC)c1CCCCCCCCCCC.[Na+]. The molecule has 0 amide bonds. The van der Waals surface area contributed by atoms with E-state index in [0.29, 0.717) is 0 Å². The van der Waals surface area contributed by atoms with Crippen LogP contribution in [0.5, 0.6) is 0 Å². The Hall–Kier alpha value is 0.130. The van der Waals surface area contributed by atoms with Gasteiger partial charge in [-0.15, -0.1) is 0 Å². The molecule has 1 aromatic rings. The standard InChI is InChI=1S/C39H72O3S.Na/c1-4-7-10-13-16-19-22-25-28-31-36-34-35-39(43(40,41)42)38(33-30-27-24-21-18-15-12-9-6-3)37(36)32-29-26-23-20-17-14-11-8-5-2;/h34-35H,4-33H2,1-3H3,(H,40,41,42);/q;+1/p-1. The summed E-state index contributed by atoms with van der Waals surface area (Å²) in [4.78, 5) is 0.0637. The number of hydrogen-bond acceptors (Lipinski definition) is 3. The van der Waals surface area contributed by atoms with Crippen molar-refractivity contribution in [3.8, 4) is 0 Å².